The van der Waals surface area contributed by atoms with Crippen molar-refractivity contribution in [2.45, 2.75) is 6.54 Å². The summed E-state index contributed by atoms with van der Waals surface area (Å²) in [7, 11) is -3.52. The fourth-order valence-corrected chi connectivity index (χ4v) is 3.55. The van der Waals surface area contributed by atoms with E-state index in [-0.39, 0.29) is 19.0 Å². The standard InChI is InChI=1S/C17H22N4O4S/c1-26(23,24)21(13-15-5-4-12-25-15)14-17(22)20-10-8-19(9-11-20)16-6-2-3-7-18-16/h2-7,12H,8-11,13-14H2,1H3. The summed E-state index contributed by atoms with van der Waals surface area (Å²) in [5.74, 6) is 1.18. The molecule has 0 radical (unpaired) electrons. The van der Waals surface area contributed by atoms with Gasteiger partial charge in [-0.15, -0.1) is 0 Å². The van der Waals surface area contributed by atoms with Gasteiger partial charge in [-0.05, 0) is 24.3 Å². The molecule has 0 aliphatic carbocycles. The second kappa shape index (κ2) is 7.88. The van der Waals surface area contributed by atoms with E-state index in [0.717, 1.165) is 16.4 Å². The van der Waals surface area contributed by atoms with E-state index in [1.807, 2.05) is 18.2 Å². The van der Waals surface area contributed by atoms with Crippen molar-refractivity contribution in [1.29, 1.82) is 0 Å². The molecule has 1 saturated heterocycles. The summed E-state index contributed by atoms with van der Waals surface area (Å²) >= 11 is 0. The van der Waals surface area contributed by atoms with Crippen molar-refractivity contribution in [3.63, 3.8) is 0 Å². The fraction of sp³-hybridized carbons (Fsp3) is 0.412. The van der Waals surface area contributed by atoms with Crippen LogP contribution in [0.15, 0.2) is 47.2 Å². The van der Waals surface area contributed by atoms with Crippen LogP contribution in [0.3, 0.4) is 0 Å². The van der Waals surface area contributed by atoms with Crippen molar-refractivity contribution in [2.24, 2.45) is 0 Å². The number of aromatic nitrogens is 1. The molecule has 3 heterocycles. The Bertz CT molecular complexity index is 816. The lowest BCUT2D eigenvalue weighted by atomic mass is 10.3. The molecule has 0 spiro atoms. The molecular weight excluding hydrogens is 356 g/mol. The first-order chi connectivity index (χ1) is 12.4. The summed E-state index contributed by atoms with van der Waals surface area (Å²) in [6.07, 6.45) is 4.32. The molecule has 140 valence electrons. The van der Waals surface area contributed by atoms with Crippen LogP contribution in [0.1, 0.15) is 5.76 Å². The van der Waals surface area contributed by atoms with Crippen molar-refractivity contribution in [3.05, 3.63) is 48.6 Å². The number of pyridine rings is 1. The zero-order valence-corrected chi connectivity index (χ0v) is 15.4. The molecule has 0 atom stereocenters. The van der Waals surface area contributed by atoms with Crippen LogP contribution in [0.5, 0.6) is 0 Å². The quantitative estimate of drug-likeness (QED) is 0.738. The predicted octanol–water partition coefficient (Wildman–Crippen LogP) is 0.785. The van der Waals surface area contributed by atoms with Crippen molar-refractivity contribution in [2.75, 3.05) is 43.9 Å². The maximum atomic E-state index is 12.6. The van der Waals surface area contributed by atoms with Gasteiger partial charge < -0.3 is 14.2 Å². The lowest BCUT2D eigenvalue weighted by molar-refractivity contribution is -0.131. The largest absolute Gasteiger partial charge is 0.468 e. The van der Waals surface area contributed by atoms with E-state index in [1.165, 1.54) is 6.26 Å². The van der Waals surface area contributed by atoms with Crippen LogP contribution >= 0.6 is 0 Å². The highest BCUT2D eigenvalue weighted by Crippen LogP contribution is 2.14. The van der Waals surface area contributed by atoms with Gasteiger partial charge in [-0.2, -0.15) is 4.31 Å². The molecule has 8 nitrogen and oxygen atoms in total. The Morgan fingerprint density at radius 2 is 1.96 bits per heavy atom. The van der Waals surface area contributed by atoms with Gasteiger partial charge >= 0.3 is 0 Å². The molecule has 1 fully saturated rings. The summed E-state index contributed by atoms with van der Waals surface area (Å²) in [6, 6.07) is 9.11. The van der Waals surface area contributed by atoms with Gasteiger partial charge in [0.25, 0.3) is 0 Å². The number of amides is 1. The number of carbonyl (C=O) groups is 1. The number of hydrogen-bond donors (Lipinski definition) is 0. The first-order valence-corrected chi connectivity index (χ1v) is 10.2. The van der Waals surface area contributed by atoms with Gasteiger partial charge in [0.15, 0.2) is 0 Å². The van der Waals surface area contributed by atoms with Crippen molar-refractivity contribution >= 4 is 21.7 Å². The molecule has 26 heavy (non-hydrogen) atoms. The molecule has 0 bridgehead atoms. The molecule has 1 aliphatic heterocycles. The predicted molar refractivity (Wildman–Crippen MR) is 97.0 cm³/mol. The molecule has 3 rings (SSSR count). The van der Waals surface area contributed by atoms with Crippen LogP contribution in [0, 0.1) is 0 Å². The van der Waals surface area contributed by atoms with E-state index >= 15 is 0 Å². The van der Waals surface area contributed by atoms with Crippen LogP contribution in [0.25, 0.3) is 0 Å². The summed E-state index contributed by atoms with van der Waals surface area (Å²) in [5.41, 5.74) is 0. The molecular formula is C17H22N4O4S. The second-order valence-electron chi connectivity index (χ2n) is 6.17. The molecule has 9 heteroatoms. The van der Waals surface area contributed by atoms with Crippen LogP contribution in [-0.2, 0) is 21.4 Å². The monoisotopic (exact) mass is 378 g/mol. The van der Waals surface area contributed by atoms with Gasteiger partial charge in [-0.3, -0.25) is 4.79 Å². The maximum absolute atomic E-state index is 12.6. The molecule has 2 aromatic heterocycles. The minimum Gasteiger partial charge on any atom is -0.468 e. The molecule has 0 unspecified atom stereocenters. The van der Waals surface area contributed by atoms with Crippen molar-refractivity contribution in [3.8, 4) is 0 Å². The van der Waals surface area contributed by atoms with E-state index in [2.05, 4.69) is 9.88 Å². The zero-order valence-electron chi connectivity index (χ0n) is 14.6. The number of hydrogen-bond acceptors (Lipinski definition) is 6. The molecule has 1 amide bonds. The van der Waals surface area contributed by atoms with E-state index in [4.69, 9.17) is 4.42 Å². The number of furan rings is 1. The van der Waals surface area contributed by atoms with Crippen LogP contribution < -0.4 is 4.90 Å². The van der Waals surface area contributed by atoms with Crippen LogP contribution in [-0.4, -0.2) is 67.5 Å². The lowest BCUT2D eigenvalue weighted by Crippen LogP contribution is -2.51. The number of rotatable bonds is 6. The first-order valence-electron chi connectivity index (χ1n) is 8.35. The number of anilines is 1. The topological polar surface area (TPSA) is 87.0 Å². The molecule has 0 aromatic carbocycles. The Morgan fingerprint density at radius 3 is 2.54 bits per heavy atom. The molecule has 2 aromatic rings. The minimum atomic E-state index is -3.52. The summed E-state index contributed by atoms with van der Waals surface area (Å²) in [6.45, 7) is 2.26. The number of piperazine rings is 1. The SMILES string of the molecule is CS(=O)(=O)N(CC(=O)N1CCN(c2ccccn2)CC1)Cc1ccco1. The van der Waals surface area contributed by atoms with Gasteiger partial charge in [0, 0.05) is 32.4 Å². The van der Waals surface area contributed by atoms with Crippen LogP contribution in [0.2, 0.25) is 0 Å². The summed E-state index contributed by atoms with van der Waals surface area (Å²) in [4.78, 5) is 20.7. The Hall–Kier alpha value is -2.39. The van der Waals surface area contributed by atoms with Gasteiger partial charge in [-0.25, -0.2) is 13.4 Å². The Labute approximate surface area is 153 Å². The Balaban J connectivity index is 1.58. The van der Waals surface area contributed by atoms with Crippen molar-refractivity contribution < 1.29 is 17.6 Å². The highest BCUT2D eigenvalue weighted by molar-refractivity contribution is 7.88. The maximum Gasteiger partial charge on any atom is 0.238 e. The molecule has 0 saturated carbocycles. The number of sulfonamides is 1. The molecule has 1 aliphatic rings. The third-order valence-corrected chi connectivity index (χ3v) is 5.49. The zero-order chi connectivity index (χ0) is 18.6. The number of carbonyl (C=O) groups excluding carboxylic acids is 1. The average molecular weight is 378 g/mol. The second-order valence-corrected chi connectivity index (χ2v) is 8.15. The summed E-state index contributed by atoms with van der Waals surface area (Å²) < 4.78 is 30.4. The van der Waals surface area contributed by atoms with Gasteiger partial charge in [-0.1, -0.05) is 6.07 Å². The van der Waals surface area contributed by atoms with Crippen molar-refractivity contribution in [1.82, 2.24) is 14.2 Å². The van der Waals surface area contributed by atoms with Crippen LogP contribution in [0.4, 0.5) is 5.82 Å². The summed E-state index contributed by atoms with van der Waals surface area (Å²) in [5, 5.41) is 0. The van der Waals surface area contributed by atoms with E-state index in [0.29, 0.717) is 31.9 Å². The van der Waals surface area contributed by atoms with E-state index in [9.17, 15) is 13.2 Å². The third-order valence-electron chi connectivity index (χ3n) is 4.30. The van der Waals surface area contributed by atoms with Gasteiger partial charge in [0.05, 0.1) is 25.6 Å². The first kappa shape index (κ1) is 18.4. The highest BCUT2D eigenvalue weighted by Gasteiger charge is 2.27. The minimum absolute atomic E-state index is 0.0471. The van der Waals surface area contributed by atoms with E-state index < -0.39 is 10.0 Å². The van der Waals surface area contributed by atoms with Gasteiger partial charge in [0.2, 0.25) is 15.9 Å². The smallest absolute Gasteiger partial charge is 0.238 e. The van der Waals surface area contributed by atoms with Gasteiger partial charge in [0.1, 0.15) is 11.6 Å². The number of nitrogens with zero attached hydrogens (tertiary/aromatic N) is 4. The van der Waals surface area contributed by atoms with E-state index in [1.54, 1.807) is 23.2 Å². The normalized spacial score (nSPS) is 15.5. The Morgan fingerprint density at radius 1 is 1.19 bits per heavy atom. The fourth-order valence-electron chi connectivity index (χ4n) is 2.84. The third kappa shape index (κ3) is 4.61. The average Bonchev–Trinajstić information content (AvgIpc) is 3.14. The Kier molecular flexibility index (Phi) is 5.58. The molecule has 0 N–H and O–H groups in total. The highest BCUT2D eigenvalue weighted by atomic mass is 32.2. The lowest BCUT2D eigenvalue weighted by Gasteiger charge is -2.36.